The van der Waals surface area contributed by atoms with Gasteiger partial charge in [0.15, 0.2) is 17.4 Å². The fraction of sp³-hybridized carbons (Fsp3) is 0.297. The number of Topliss-reactive ketones (excluding diaryl/α,β-unsaturated/α-hetero) is 1. The number of fused-ring (bicyclic) bond motifs is 1. The summed E-state index contributed by atoms with van der Waals surface area (Å²) < 4.78 is 62.2. The number of ether oxygens (including phenoxy) is 1. The van der Waals surface area contributed by atoms with E-state index in [0.29, 0.717) is 33.9 Å². The zero-order chi connectivity index (χ0) is 38.9. The maximum atomic E-state index is 15.0. The second-order valence-electron chi connectivity index (χ2n) is 12.5. The lowest BCUT2D eigenvalue weighted by atomic mass is 9.95. The number of carbonyl (C=O) groups excluding carboxylic acids is 4. The van der Waals surface area contributed by atoms with Crippen LogP contribution in [-0.4, -0.2) is 40.6 Å². The zero-order valence-corrected chi connectivity index (χ0v) is 30.9. The molecule has 1 aliphatic heterocycles. The van der Waals surface area contributed by atoms with Crippen LogP contribution in [0.5, 0.6) is 0 Å². The van der Waals surface area contributed by atoms with Crippen molar-refractivity contribution in [3.63, 3.8) is 0 Å². The Balaban J connectivity index is 0.000000233. The molecule has 5 rings (SSSR count). The summed E-state index contributed by atoms with van der Waals surface area (Å²) in [4.78, 5) is 60.1. The molecule has 1 aliphatic rings. The Bertz CT molecular complexity index is 2130. The van der Waals surface area contributed by atoms with Crippen LogP contribution in [0.15, 0.2) is 36.7 Å². The van der Waals surface area contributed by atoms with Crippen LogP contribution >= 0.6 is 23.2 Å². The van der Waals surface area contributed by atoms with Crippen molar-refractivity contribution in [2.24, 2.45) is 0 Å². The first-order valence-corrected chi connectivity index (χ1v) is 16.6. The lowest BCUT2D eigenvalue weighted by molar-refractivity contribution is -0.117. The van der Waals surface area contributed by atoms with Crippen molar-refractivity contribution in [1.82, 2.24) is 9.97 Å². The van der Waals surface area contributed by atoms with Gasteiger partial charge in [-0.25, -0.2) is 22.4 Å². The summed E-state index contributed by atoms with van der Waals surface area (Å²) in [6.45, 7) is 12.2. The summed E-state index contributed by atoms with van der Waals surface area (Å²) in [7, 11) is 1.07. The quantitative estimate of drug-likeness (QED) is 0.0833. The molecule has 3 heterocycles. The third kappa shape index (κ3) is 7.38. The number of pyridine rings is 2. The molecular formula is C37H34Cl2F4N4O5. The molecular weight excluding hydrogens is 727 g/mol. The van der Waals surface area contributed by atoms with Crippen LogP contribution < -0.4 is 9.80 Å². The molecule has 52 heavy (non-hydrogen) atoms. The van der Waals surface area contributed by atoms with E-state index >= 15 is 0 Å². The molecule has 2 aromatic heterocycles. The predicted molar refractivity (Wildman–Crippen MR) is 189 cm³/mol. The minimum atomic E-state index is -1.23. The molecule has 0 aliphatic carbocycles. The van der Waals surface area contributed by atoms with Crippen LogP contribution in [0, 0.1) is 37.1 Å². The molecule has 0 saturated carbocycles. The van der Waals surface area contributed by atoms with Crippen molar-refractivity contribution in [3.8, 4) is 0 Å². The fourth-order valence-electron chi connectivity index (χ4n) is 5.76. The molecule has 0 spiro atoms. The van der Waals surface area contributed by atoms with E-state index in [0.717, 1.165) is 29.0 Å². The Hall–Kier alpha value is -4.88. The van der Waals surface area contributed by atoms with E-state index in [2.05, 4.69) is 14.7 Å². The number of nitrogens with zero attached hydrogens (tertiary/aromatic N) is 4. The van der Waals surface area contributed by atoms with Gasteiger partial charge in [-0.3, -0.25) is 34.2 Å². The van der Waals surface area contributed by atoms with Crippen molar-refractivity contribution in [3.05, 3.63) is 104 Å². The van der Waals surface area contributed by atoms with Crippen molar-refractivity contribution >= 4 is 69.5 Å². The van der Waals surface area contributed by atoms with Gasteiger partial charge >= 0.3 is 5.97 Å². The van der Waals surface area contributed by atoms with Gasteiger partial charge in [0.1, 0.15) is 27.4 Å². The largest absolute Gasteiger partial charge is 0.465 e. The van der Waals surface area contributed by atoms with Crippen molar-refractivity contribution < 1.29 is 41.5 Å². The molecule has 274 valence electrons. The van der Waals surface area contributed by atoms with E-state index in [1.807, 2.05) is 27.7 Å². The van der Waals surface area contributed by atoms with Crippen LogP contribution in [0.3, 0.4) is 0 Å². The van der Waals surface area contributed by atoms with Crippen LogP contribution in [0.1, 0.15) is 96.1 Å². The zero-order valence-electron chi connectivity index (χ0n) is 29.4. The van der Waals surface area contributed by atoms with Gasteiger partial charge in [0.05, 0.1) is 47.5 Å². The third-order valence-corrected chi connectivity index (χ3v) is 8.84. The molecule has 0 atom stereocenters. The first-order chi connectivity index (χ1) is 24.3. The highest BCUT2D eigenvalue weighted by molar-refractivity contribution is 6.32. The molecule has 0 fully saturated rings. The molecule has 0 unspecified atom stereocenters. The first kappa shape index (κ1) is 39.9. The van der Waals surface area contributed by atoms with Crippen molar-refractivity contribution in [2.75, 3.05) is 16.9 Å². The predicted octanol–water partition coefficient (Wildman–Crippen LogP) is 9.61. The topological polar surface area (TPSA) is 110 Å². The van der Waals surface area contributed by atoms with Gasteiger partial charge in [-0.15, -0.1) is 0 Å². The molecule has 0 saturated heterocycles. The van der Waals surface area contributed by atoms with Gasteiger partial charge < -0.3 is 4.74 Å². The first-order valence-electron chi connectivity index (χ1n) is 15.9. The molecule has 4 aromatic rings. The Kier molecular flexibility index (Phi) is 12.1. The van der Waals surface area contributed by atoms with Crippen LogP contribution in [0.2, 0.25) is 10.0 Å². The summed E-state index contributed by atoms with van der Waals surface area (Å²) in [6, 6.07) is 4.97. The minimum Gasteiger partial charge on any atom is -0.465 e. The smallest absolute Gasteiger partial charge is 0.340 e. The summed E-state index contributed by atoms with van der Waals surface area (Å²) in [5.74, 6) is -7.53. The number of anilines is 4. The average Bonchev–Trinajstić information content (AvgIpc) is 3.08. The number of hydrogen-bond donors (Lipinski definition) is 0. The van der Waals surface area contributed by atoms with Gasteiger partial charge in [0.25, 0.3) is 0 Å². The SMILES string of the molecule is COC(=O)c1cc(F)c(Cl)c(F)c1N(C(C)=O)c1c(C)ccnc1C(C)C.Cc1ccnc(C(C)C)c1N1C(=O)CC(=O)c2cc(F)c(Cl)c(F)c21. The van der Waals surface area contributed by atoms with Crippen molar-refractivity contribution in [1.29, 1.82) is 0 Å². The lowest BCUT2D eigenvalue weighted by Crippen LogP contribution is -2.36. The number of methoxy groups -OCH3 is 1. The van der Waals surface area contributed by atoms with Gasteiger partial charge in [0.2, 0.25) is 11.8 Å². The number of carbonyl (C=O) groups is 4. The van der Waals surface area contributed by atoms with Crippen LogP contribution in [0.4, 0.5) is 40.3 Å². The second-order valence-corrected chi connectivity index (χ2v) is 13.2. The number of aromatic nitrogens is 2. The Morgan fingerprint density at radius 2 is 1.37 bits per heavy atom. The van der Waals surface area contributed by atoms with E-state index in [1.54, 1.807) is 38.4 Å². The monoisotopic (exact) mass is 760 g/mol. The molecule has 0 radical (unpaired) electrons. The maximum Gasteiger partial charge on any atom is 0.340 e. The minimum absolute atomic E-state index is 0.0530. The normalized spacial score (nSPS) is 12.5. The van der Waals surface area contributed by atoms with Gasteiger partial charge in [-0.05, 0) is 61.1 Å². The number of rotatable bonds is 6. The van der Waals surface area contributed by atoms with Gasteiger partial charge in [-0.2, -0.15) is 0 Å². The Labute approximate surface area is 307 Å². The van der Waals surface area contributed by atoms with E-state index in [4.69, 9.17) is 23.2 Å². The number of esters is 1. The number of halogens is 6. The summed E-state index contributed by atoms with van der Waals surface area (Å²) in [5.41, 5.74) is 1.68. The second kappa shape index (κ2) is 15.8. The van der Waals surface area contributed by atoms with E-state index in [1.165, 1.54) is 6.92 Å². The summed E-state index contributed by atoms with van der Waals surface area (Å²) in [6.07, 6.45) is 2.70. The molecule has 0 bridgehead atoms. The molecule has 2 aromatic carbocycles. The van der Waals surface area contributed by atoms with E-state index in [-0.39, 0.29) is 23.1 Å². The number of hydrogen-bond acceptors (Lipinski definition) is 7. The van der Waals surface area contributed by atoms with Gasteiger partial charge in [-0.1, -0.05) is 50.9 Å². The molecule has 15 heteroatoms. The van der Waals surface area contributed by atoms with Crippen LogP contribution in [0.25, 0.3) is 0 Å². The highest BCUT2D eigenvalue weighted by Gasteiger charge is 2.38. The highest BCUT2D eigenvalue weighted by atomic mass is 35.5. The highest BCUT2D eigenvalue weighted by Crippen LogP contribution is 2.44. The van der Waals surface area contributed by atoms with Crippen molar-refractivity contribution in [2.45, 2.75) is 66.7 Å². The van der Waals surface area contributed by atoms with E-state index < -0.39 is 74.6 Å². The molecule has 2 amide bonds. The fourth-order valence-corrected chi connectivity index (χ4v) is 6.04. The Morgan fingerprint density at radius 1 is 0.827 bits per heavy atom. The number of ketones is 1. The third-order valence-electron chi connectivity index (χ3n) is 8.15. The average molecular weight is 762 g/mol. The number of amides is 2. The summed E-state index contributed by atoms with van der Waals surface area (Å²) >= 11 is 11.4. The Morgan fingerprint density at radius 3 is 1.92 bits per heavy atom. The van der Waals surface area contributed by atoms with Gasteiger partial charge in [0, 0.05) is 24.9 Å². The lowest BCUT2D eigenvalue weighted by Gasteiger charge is -2.32. The van der Waals surface area contributed by atoms with Crippen LogP contribution in [-0.2, 0) is 14.3 Å². The maximum absolute atomic E-state index is 15.0. The number of benzene rings is 2. The summed E-state index contributed by atoms with van der Waals surface area (Å²) in [5, 5.41) is -1.57. The molecule has 9 nitrogen and oxygen atoms in total. The standard InChI is InChI=1S/C19H19ClF2N2O3.C18H15ClF2N2O2/c1-9(2)16-17(10(3)6-7-23-16)24(11(4)25)18-12(19(26)27-5)8-13(21)14(20)15(18)22;1-8(2)16-17(9(3)4-5-22-16)23-13(25)7-12(24)10-6-11(20)14(19)15(21)18(10)23/h6-9H,1-5H3;4-6,8H,7H2,1-3H3. The molecule has 0 N–H and O–H groups in total. The number of aryl methyl sites for hydroxylation is 2. The van der Waals surface area contributed by atoms with E-state index in [9.17, 15) is 36.7 Å².